The van der Waals surface area contributed by atoms with Crippen LogP contribution in [0.4, 0.5) is 0 Å². The van der Waals surface area contributed by atoms with Crippen LogP contribution in [0.1, 0.15) is 32.8 Å². The largest absolute Gasteiger partial charge is 0.508 e. The molecule has 0 radical (unpaired) electrons. The van der Waals surface area contributed by atoms with Gasteiger partial charge in [-0.2, -0.15) is 0 Å². The predicted molar refractivity (Wildman–Crippen MR) is 72.3 cm³/mol. The first-order chi connectivity index (χ1) is 8.34. The molecule has 4 heteroatoms. The number of hydrogen-bond donors (Lipinski definition) is 3. The molecular weight excluding hydrogens is 228 g/mol. The number of carbonyl (C=O) groups is 1. The Morgan fingerprint density at radius 3 is 2.44 bits per heavy atom. The van der Waals surface area contributed by atoms with Crippen molar-refractivity contribution in [1.82, 2.24) is 5.32 Å². The molecule has 0 spiro atoms. The third-order valence-electron chi connectivity index (χ3n) is 3.07. The quantitative estimate of drug-likeness (QED) is 0.742. The third kappa shape index (κ3) is 4.37. The number of nitrogens with one attached hydrogen (secondary N) is 1. The predicted octanol–water partition coefficient (Wildman–Crippen LogP) is 1.57. The molecule has 0 fully saturated rings. The number of hydrogen-bond acceptors (Lipinski definition) is 3. The molecule has 0 bridgehead atoms. The molecule has 1 aromatic rings. The van der Waals surface area contributed by atoms with Crippen molar-refractivity contribution < 1.29 is 9.90 Å². The van der Waals surface area contributed by atoms with Crippen LogP contribution in [0.25, 0.3) is 0 Å². The summed E-state index contributed by atoms with van der Waals surface area (Å²) in [4.78, 5) is 11.9. The fraction of sp³-hybridized carbons (Fsp3) is 0.500. The van der Waals surface area contributed by atoms with Gasteiger partial charge in [0.25, 0.3) is 0 Å². The van der Waals surface area contributed by atoms with Gasteiger partial charge in [-0.25, -0.2) is 0 Å². The minimum Gasteiger partial charge on any atom is -0.508 e. The number of phenolic OH excluding ortho intramolecular Hbond substituents is 1. The summed E-state index contributed by atoms with van der Waals surface area (Å²) in [6, 6.07) is 6.16. The molecule has 4 N–H and O–H groups in total. The van der Waals surface area contributed by atoms with Crippen LogP contribution in [0.5, 0.6) is 5.75 Å². The van der Waals surface area contributed by atoms with E-state index in [1.54, 1.807) is 24.3 Å². The summed E-state index contributed by atoms with van der Waals surface area (Å²) in [7, 11) is 0. The van der Waals surface area contributed by atoms with Crippen molar-refractivity contribution in [3.63, 3.8) is 0 Å². The highest BCUT2D eigenvalue weighted by Gasteiger charge is 2.22. The van der Waals surface area contributed by atoms with E-state index in [0.29, 0.717) is 6.42 Å². The normalized spacial score (nSPS) is 13.1. The van der Waals surface area contributed by atoms with Crippen molar-refractivity contribution in [2.75, 3.05) is 0 Å². The summed E-state index contributed by atoms with van der Waals surface area (Å²) < 4.78 is 0. The summed E-state index contributed by atoms with van der Waals surface area (Å²) in [6.45, 7) is 5.96. The summed E-state index contributed by atoms with van der Waals surface area (Å²) >= 11 is 0. The highest BCUT2D eigenvalue weighted by molar-refractivity contribution is 5.82. The van der Waals surface area contributed by atoms with E-state index in [4.69, 9.17) is 5.73 Å². The van der Waals surface area contributed by atoms with Gasteiger partial charge in [0, 0.05) is 5.54 Å². The lowest BCUT2D eigenvalue weighted by atomic mass is 10.00. The van der Waals surface area contributed by atoms with Gasteiger partial charge in [-0.05, 0) is 44.4 Å². The average molecular weight is 250 g/mol. The van der Waals surface area contributed by atoms with E-state index in [2.05, 4.69) is 5.32 Å². The van der Waals surface area contributed by atoms with Gasteiger partial charge in [0.1, 0.15) is 5.75 Å². The molecular formula is C14H22N2O2. The maximum atomic E-state index is 11.9. The Kier molecular flexibility index (Phi) is 4.73. The number of rotatable bonds is 5. The Labute approximate surface area is 108 Å². The second-order valence-corrected chi connectivity index (χ2v) is 5.20. The Morgan fingerprint density at radius 2 is 1.94 bits per heavy atom. The zero-order valence-corrected chi connectivity index (χ0v) is 11.2. The number of carbonyl (C=O) groups excluding carboxylic acids is 1. The molecule has 0 aliphatic heterocycles. The minimum atomic E-state index is -0.569. The van der Waals surface area contributed by atoms with Crippen LogP contribution in [-0.2, 0) is 11.2 Å². The molecule has 0 saturated heterocycles. The lowest BCUT2D eigenvalue weighted by Crippen LogP contribution is -2.50. The summed E-state index contributed by atoms with van der Waals surface area (Å²) in [5, 5.41) is 12.1. The van der Waals surface area contributed by atoms with E-state index in [-0.39, 0.29) is 17.2 Å². The van der Waals surface area contributed by atoms with Crippen LogP contribution in [0, 0.1) is 0 Å². The van der Waals surface area contributed by atoms with Crippen LogP contribution < -0.4 is 11.1 Å². The van der Waals surface area contributed by atoms with Gasteiger partial charge in [0.2, 0.25) is 5.91 Å². The topological polar surface area (TPSA) is 75.4 Å². The fourth-order valence-corrected chi connectivity index (χ4v) is 1.49. The van der Waals surface area contributed by atoms with Crippen LogP contribution in [-0.4, -0.2) is 22.6 Å². The Bertz CT molecular complexity index is 399. The molecule has 1 aromatic carbocycles. The monoisotopic (exact) mass is 250 g/mol. The van der Waals surface area contributed by atoms with Crippen LogP contribution in [0.15, 0.2) is 24.3 Å². The van der Waals surface area contributed by atoms with E-state index in [1.807, 2.05) is 20.8 Å². The highest BCUT2D eigenvalue weighted by atomic mass is 16.3. The lowest BCUT2D eigenvalue weighted by Gasteiger charge is -2.26. The molecule has 0 saturated carbocycles. The van der Waals surface area contributed by atoms with E-state index in [0.717, 1.165) is 12.0 Å². The van der Waals surface area contributed by atoms with Crippen molar-refractivity contribution >= 4 is 5.91 Å². The minimum absolute atomic E-state index is 0.144. The van der Waals surface area contributed by atoms with Crippen molar-refractivity contribution in [2.45, 2.75) is 45.2 Å². The fourth-order valence-electron chi connectivity index (χ4n) is 1.49. The second-order valence-electron chi connectivity index (χ2n) is 5.20. The molecule has 0 unspecified atom stereocenters. The summed E-state index contributed by atoms with van der Waals surface area (Å²) in [5.74, 6) is 0.0683. The number of amides is 1. The van der Waals surface area contributed by atoms with Gasteiger partial charge < -0.3 is 16.2 Å². The SMILES string of the molecule is CCC(C)(C)NC(=O)[C@@H](N)Cc1ccc(O)cc1. The molecule has 4 nitrogen and oxygen atoms in total. The Balaban J connectivity index is 2.57. The molecule has 0 aliphatic carbocycles. The highest BCUT2D eigenvalue weighted by Crippen LogP contribution is 2.12. The number of phenols is 1. The molecule has 1 atom stereocenters. The van der Waals surface area contributed by atoms with Gasteiger partial charge in [0.05, 0.1) is 6.04 Å². The first-order valence-corrected chi connectivity index (χ1v) is 6.19. The Morgan fingerprint density at radius 1 is 1.39 bits per heavy atom. The van der Waals surface area contributed by atoms with E-state index < -0.39 is 6.04 Å². The third-order valence-corrected chi connectivity index (χ3v) is 3.07. The van der Waals surface area contributed by atoms with Crippen molar-refractivity contribution in [1.29, 1.82) is 0 Å². The molecule has 0 heterocycles. The maximum absolute atomic E-state index is 11.9. The number of benzene rings is 1. The van der Waals surface area contributed by atoms with Crippen molar-refractivity contribution in [3.05, 3.63) is 29.8 Å². The molecule has 0 aromatic heterocycles. The summed E-state index contributed by atoms with van der Waals surface area (Å²) in [6.07, 6.45) is 1.32. The lowest BCUT2D eigenvalue weighted by molar-refractivity contribution is -0.124. The smallest absolute Gasteiger partial charge is 0.237 e. The molecule has 100 valence electrons. The van der Waals surface area contributed by atoms with Crippen LogP contribution in [0.2, 0.25) is 0 Å². The zero-order chi connectivity index (χ0) is 13.8. The first-order valence-electron chi connectivity index (χ1n) is 6.19. The van der Waals surface area contributed by atoms with Crippen LogP contribution in [0.3, 0.4) is 0 Å². The van der Waals surface area contributed by atoms with Gasteiger partial charge in [-0.1, -0.05) is 19.1 Å². The first kappa shape index (κ1) is 14.5. The standard InChI is InChI=1S/C14H22N2O2/c1-4-14(2,3)16-13(18)12(15)9-10-5-7-11(17)8-6-10/h5-8,12,17H,4,9,15H2,1-3H3,(H,16,18)/t12-/m0/s1. The summed E-state index contributed by atoms with van der Waals surface area (Å²) in [5.41, 5.74) is 6.58. The van der Waals surface area contributed by atoms with E-state index in [9.17, 15) is 9.90 Å². The number of aromatic hydroxyl groups is 1. The molecule has 18 heavy (non-hydrogen) atoms. The van der Waals surface area contributed by atoms with Gasteiger partial charge in [-0.3, -0.25) is 4.79 Å². The van der Waals surface area contributed by atoms with Gasteiger partial charge in [0.15, 0.2) is 0 Å². The maximum Gasteiger partial charge on any atom is 0.237 e. The second kappa shape index (κ2) is 5.87. The molecule has 1 amide bonds. The van der Waals surface area contributed by atoms with Gasteiger partial charge in [-0.15, -0.1) is 0 Å². The zero-order valence-electron chi connectivity index (χ0n) is 11.2. The van der Waals surface area contributed by atoms with Crippen molar-refractivity contribution in [2.24, 2.45) is 5.73 Å². The van der Waals surface area contributed by atoms with E-state index >= 15 is 0 Å². The van der Waals surface area contributed by atoms with Crippen molar-refractivity contribution in [3.8, 4) is 5.75 Å². The number of nitrogens with two attached hydrogens (primary N) is 1. The molecule has 1 rings (SSSR count). The molecule has 0 aliphatic rings. The average Bonchev–Trinajstić information content (AvgIpc) is 2.31. The van der Waals surface area contributed by atoms with E-state index in [1.165, 1.54) is 0 Å². The Hall–Kier alpha value is -1.55. The van der Waals surface area contributed by atoms with Gasteiger partial charge >= 0.3 is 0 Å². The van der Waals surface area contributed by atoms with Crippen LogP contribution >= 0.6 is 0 Å².